The summed E-state index contributed by atoms with van der Waals surface area (Å²) in [4.78, 5) is 33.1. The molecule has 34 heavy (non-hydrogen) atoms. The van der Waals surface area contributed by atoms with Crippen LogP contribution in [0.25, 0.3) is 0 Å². The minimum atomic E-state index is -0.282. The SMILES string of the molecule is O=C(NCCc1cccs1)C1CCN(C(=O)c2ncn3c2CO[C@@H](c2ccc(F)cc2)C3)CC1. The Kier molecular flexibility index (Phi) is 6.73. The number of ether oxygens (including phenoxy) is 1. The number of carbonyl (C=O) groups excluding carboxylic acids is 2. The number of hydrogen-bond acceptors (Lipinski definition) is 5. The number of imidazole rings is 1. The predicted octanol–water partition coefficient (Wildman–Crippen LogP) is 3.57. The average Bonchev–Trinajstić information content (AvgIpc) is 3.54. The van der Waals surface area contributed by atoms with E-state index in [1.54, 1.807) is 34.7 Å². The molecule has 3 aromatic rings. The van der Waals surface area contributed by atoms with E-state index in [0.29, 0.717) is 44.7 Å². The van der Waals surface area contributed by atoms with Gasteiger partial charge < -0.3 is 19.5 Å². The van der Waals surface area contributed by atoms with Gasteiger partial charge in [0.15, 0.2) is 5.69 Å². The molecule has 1 N–H and O–H groups in total. The summed E-state index contributed by atoms with van der Waals surface area (Å²) < 4.78 is 21.1. The Bertz CT molecular complexity index is 1140. The number of aromatic nitrogens is 2. The fourth-order valence-electron chi connectivity index (χ4n) is 4.59. The Morgan fingerprint density at radius 2 is 1.97 bits per heavy atom. The molecule has 2 aliphatic heterocycles. The Balaban J connectivity index is 1.14. The molecule has 0 saturated carbocycles. The van der Waals surface area contributed by atoms with Crippen molar-refractivity contribution in [3.63, 3.8) is 0 Å². The molecule has 2 amide bonds. The number of likely N-dealkylation sites (tertiary alicyclic amines) is 1. The summed E-state index contributed by atoms with van der Waals surface area (Å²) in [6.07, 6.45) is 3.61. The second kappa shape index (κ2) is 10.1. The number of piperidine rings is 1. The van der Waals surface area contributed by atoms with E-state index in [1.165, 1.54) is 17.0 Å². The minimum Gasteiger partial charge on any atom is -0.365 e. The summed E-state index contributed by atoms with van der Waals surface area (Å²) in [5.74, 6) is -0.393. The highest BCUT2D eigenvalue weighted by Gasteiger charge is 2.32. The molecule has 1 saturated heterocycles. The molecule has 2 aromatic heterocycles. The van der Waals surface area contributed by atoms with Crippen molar-refractivity contribution in [1.29, 1.82) is 0 Å². The van der Waals surface area contributed by atoms with Gasteiger partial charge >= 0.3 is 0 Å². The zero-order valence-corrected chi connectivity index (χ0v) is 19.6. The molecule has 2 aliphatic rings. The standard InChI is InChI=1S/C25H27FN4O3S/c26-19-5-3-17(4-6-19)22-14-30-16-28-23(21(30)15-33-22)25(32)29-11-8-18(9-12-29)24(31)27-10-7-20-2-1-13-34-20/h1-6,13,16,18,22H,7-12,14-15H2,(H,27,31)/t22-/m1/s1. The summed E-state index contributed by atoms with van der Waals surface area (Å²) in [6, 6.07) is 10.4. The van der Waals surface area contributed by atoms with E-state index in [1.807, 2.05) is 16.0 Å². The number of fused-ring (bicyclic) bond motifs is 1. The van der Waals surface area contributed by atoms with Gasteiger partial charge in [-0.25, -0.2) is 9.37 Å². The average molecular weight is 483 g/mol. The summed E-state index contributed by atoms with van der Waals surface area (Å²) in [7, 11) is 0. The van der Waals surface area contributed by atoms with E-state index in [4.69, 9.17) is 4.74 Å². The third-order valence-electron chi connectivity index (χ3n) is 6.58. The van der Waals surface area contributed by atoms with E-state index in [9.17, 15) is 14.0 Å². The first-order chi connectivity index (χ1) is 16.6. The lowest BCUT2D eigenvalue weighted by atomic mass is 9.95. The van der Waals surface area contributed by atoms with Crippen molar-refractivity contribution in [2.75, 3.05) is 19.6 Å². The van der Waals surface area contributed by atoms with Crippen molar-refractivity contribution in [3.05, 3.63) is 75.8 Å². The number of carbonyl (C=O) groups is 2. The number of benzene rings is 1. The van der Waals surface area contributed by atoms with Gasteiger partial charge in [-0.05, 0) is 48.4 Å². The maximum absolute atomic E-state index is 13.2. The predicted molar refractivity (Wildman–Crippen MR) is 126 cm³/mol. The molecule has 4 heterocycles. The van der Waals surface area contributed by atoms with E-state index in [2.05, 4.69) is 16.4 Å². The van der Waals surface area contributed by atoms with Gasteiger partial charge in [0.25, 0.3) is 5.91 Å². The molecule has 0 bridgehead atoms. The summed E-state index contributed by atoms with van der Waals surface area (Å²) >= 11 is 1.70. The van der Waals surface area contributed by atoms with Crippen LogP contribution in [0.4, 0.5) is 4.39 Å². The highest BCUT2D eigenvalue weighted by Crippen LogP contribution is 2.29. The van der Waals surface area contributed by atoms with Gasteiger partial charge in [-0.2, -0.15) is 0 Å². The third kappa shape index (κ3) is 4.90. The zero-order valence-electron chi connectivity index (χ0n) is 18.8. The van der Waals surface area contributed by atoms with Crippen LogP contribution in [0.15, 0.2) is 48.1 Å². The molecule has 0 spiro atoms. The van der Waals surface area contributed by atoms with Gasteiger partial charge in [0.1, 0.15) is 11.9 Å². The molecule has 1 aromatic carbocycles. The molecular formula is C25H27FN4O3S. The molecule has 1 atom stereocenters. The minimum absolute atomic E-state index is 0.0666. The van der Waals surface area contributed by atoms with Crippen LogP contribution >= 0.6 is 11.3 Å². The van der Waals surface area contributed by atoms with Crippen LogP contribution in [0.2, 0.25) is 0 Å². The smallest absolute Gasteiger partial charge is 0.274 e. The first-order valence-electron chi connectivity index (χ1n) is 11.6. The van der Waals surface area contributed by atoms with Gasteiger partial charge in [0.05, 0.1) is 25.2 Å². The molecule has 0 unspecified atom stereocenters. The molecule has 178 valence electrons. The number of thiophene rings is 1. The van der Waals surface area contributed by atoms with Crippen molar-refractivity contribution >= 4 is 23.2 Å². The summed E-state index contributed by atoms with van der Waals surface area (Å²) in [5, 5.41) is 5.07. The molecule has 5 rings (SSSR count). The number of halogens is 1. The number of nitrogens with one attached hydrogen (secondary N) is 1. The first-order valence-corrected chi connectivity index (χ1v) is 12.5. The number of nitrogens with zero attached hydrogens (tertiary/aromatic N) is 3. The lowest BCUT2D eigenvalue weighted by Gasteiger charge is -2.31. The third-order valence-corrected chi connectivity index (χ3v) is 7.51. The van der Waals surface area contributed by atoms with Gasteiger partial charge in [-0.15, -0.1) is 11.3 Å². The van der Waals surface area contributed by atoms with Crippen molar-refractivity contribution in [2.24, 2.45) is 5.92 Å². The van der Waals surface area contributed by atoms with Crippen molar-refractivity contribution in [1.82, 2.24) is 19.8 Å². The lowest BCUT2D eigenvalue weighted by molar-refractivity contribution is -0.126. The molecule has 7 nitrogen and oxygen atoms in total. The van der Waals surface area contributed by atoms with E-state index < -0.39 is 0 Å². The fraction of sp³-hybridized carbons (Fsp3) is 0.400. The number of rotatable bonds is 6. The molecule has 9 heteroatoms. The number of hydrogen-bond donors (Lipinski definition) is 1. The van der Waals surface area contributed by atoms with Crippen molar-refractivity contribution < 1.29 is 18.7 Å². The highest BCUT2D eigenvalue weighted by atomic mass is 32.1. The first kappa shape index (κ1) is 22.7. The normalized spacial score (nSPS) is 18.5. The number of amides is 2. The molecule has 0 radical (unpaired) electrons. The maximum atomic E-state index is 13.2. The van der Waals surface area contributed by atoms with Crippen LogP contribution in [0, 0.1) is 11.7 Å². The van der Waals surface area contributed by atoms with Crippen molar-refractivity contribution in [3.8, 4) is 0 Å². The molecular weight excluding hydrogens is 455 g/mol. The fourth-order valence-corrected chi connectivity index (χ4v) is 5.30. The Morgan fingerprint density at radius 1 is 1.18 bits per heavy atom. The second-order valence-corrected chi connectivity index (χ2v) is 9.76. The van der Waals surface area contributed by atoms with Gasteiger partial charge in [0.2, 0.25) is 5.91 Å². The largest absolute Gasteiger partial charge is 0.365 e. The topological polar surface area (TPSA) is 76.5 Å². The molecule has 1 fully saturated rings. The Morgan fingerprint density at radius 3 is 2.71 bits per heavy atom. The Hall–Kier alpha value is -3.04. The summed E-state index contributed by atoms with van der Waals surface area (Å²) in [6.45, 7) is 2.50. The monoisotopic (exact) mass is 482 g/mol. The van der Waals surface area contributed by atoms with Gasteiger partial charge in [-0.3, -0.25) is 9.59 Å². The van der Waals surface area contributed by atoms with E-state index >= 15 is 0 Å². The van der Waals surface area contributed by atoms with Crippen LogP contribution in [-0.2, 0) is 29.1 Å². The molecule has 0 aliphatic carbocycles. The van der Waals surface area contributed by atoms with Gasteiger partial charge in [0, 0.05) is 30.4 Å². The van der Waals surface area contributed by atoms with Crippen LogP contribution in [0.5, 0.6) is 0 Å². The van der Waals surface area contributed by atoms with Crippen LogP contribution in [0.1, 0.15) is 45.6 Å². The van der Waals surface area contributed by atoms with E-state index in [-0.39, 0.29) is 36.3 Å². The quantitative estimate of drug-likeness (QED) is 0.583. The summed E-state index contributed by atoms with van der Waals surface area (Å²) in [5.41, 5.74) is 2.07. The van der Waals surface area contributed by atoms with Crippen LogP contribution in [-0.4, -0.2) is 45.9 Å². The lowest BCUT2D eigenvalue weighted by Crippen LogP contribution is -2.43. The van der Waals surface area contributed by atoms with Crippen molar-refractivity contribution in [2.45, 2.75) is 38.5 Å². The Labute approximate surface area is 201 Å². The second-order valence-electron chi connectivity index (χ2n) is 8.73. The van der Waals surface area contributed by atoms with Gasteiger partial charge in [-0.1, -0.05) is 18.2 Å². The van der Waals surface area contributed by atoms with Crippen LogP contribution in [0.3, 0.4) is 0 Å². The highest BCUT2D eigenvalue weighted by molar-refractivity contribution is 7.09. The maximum Gasteiger partial charge on any atom is 0.274 e. The van der Waals surface area contributed by atoms with E-state index in [0.717, 1.165) is 17.7 Å². The van der Waals surface area contributed by atoms with Crippen LogP contribution < -0.4 is 5.32 Å². The zero-order chi connectivity index (χ0) is 23.5.